The summed E-state index contributed by atoms with van der Waals surface area (Å²) in [6.07, 6.45) is 1.06. The molecule has 5 rings (SSSR count). The Labute approximate surface area is 199 Å². The maximum atomic E-state index is 13.8. The van der Waals surface area contributed by atoms with Gasteiger partial charge in [0.2, 0.25) is 0 Å². The van der Waals surface area contributed by atoms with Crippen molar-refractivity contribution in [2.75, 3.05) is 16.6 Å². The number of sulfonamides is 1. The van der Waals surface area contributed by atoms with Crippen molar-refractivity contribution in [1.29, 1.82) is 0 Å². The van der Waals surface area contributed by atoms with Crippen molar-refractivity contribution >= 4 is 39.1 Å². The Kier molecular flexibility index (Phi) is 5.77. The van der Waals surface area contributed by atoms with Gasteiger partial charge in [-0.3, -0.25) is 4.31 Å². The lowest BCUT2D eigenvalue weighted by atomic mass is 9.76. The number of hydrogen-bond acceptors (Lipinski definition) is 3. The fourth-order valence-corrected chi connectivity index (χ4v) is 8.20. The number of rotatable bonds is 3. The van der Waals surface area contributed by atoms with E-state index in [9.17, 15) is 8.42 Å². The lowest BCUT2D eigenvalue weighted by Crippen LogP contribution is -2.44. The van der Waals surface area contributed by atoms with Crippen LogP contribution in [0.4, 0.5) is 5.69 Å². The van der Waals surface area contributed by atoms with Crippen LogP contribution in [0, 0.1) is 19.8 Å². The van der Waals surface area contributed by atoms with E-state index in [1.54, 1.807) is 16.4 Å². The van der Waals surface area contributed by atoms with Crippen LogP contribution in [0.1, 0.15) is 39.8 Å². The van der Waals surface area contributed by atoms with Gasteiger partial charge in [-0.25, -0.2) is 8.42 Å². The number of thioether (sulfide) groups is 1. The smallest absolute Gasteiger partial charge is 0.264 e. The number of hydrogen-bond donors (Lipinski definition) is 0. The zero-order valence-corrected chi connectivity index (χ0v) is 20.6. The van der Waals surface area contributed by atoms with Gasteiger partial charge in [-0.2, -0.15) is 11.8 Å². The summed E-state index contributed by atoms with van der Waals surface area (Å²) in [6, 6.07) is 21.4. The Bertz CT molecular complexity index is 1240. The molecule has 2 heterocycles. The molecule has 0 N–H and O–H groups in total. The van der Waals surface area contributed by atoms with Crippen molar-refractivity contribution in [3.63, 3.8) is 0 Å². The summed E-state index contributed by atoms with van der Waals surface area (Å²) < 4.78 is 29.3. The molecule has 32 heavy (non-hydrogen) atoms. The highest BCUT2D eigenvalue weighted by molar-refractivity contribution is 7.99. The van der Waals surface area contributed by atoms with Crippen LogP contribution < -0.4 is 4.31 Å². The van der Waals surface area contributed by atoms with Crippen LogP contribution in [-0.4, -0.2) is 20.7 Å². The summed E-state index contributed by atoms with van der Waals surface area (Å²) in [5, 5.41) is 0.953. The van der Waals surface area contributed by atoms with Crippen molar-refractivity contribution in [3.8, 4) is 0 Å². The fraction of sp³-hybridized carbons (Fsp3) is 0.308. The molecular weight excluding hydrogens is 458 g/mol. The summed E-state index contributed by atoms with van der Waals surface area (Å²) in [5.74, 6) is 1.60. The molecule has 3 nitrogen and oxygen atoms in total. The minimum Gasteiger partial charge on any atom is -0.266 e. The third kappa shape index (κ3) is 3.85. The van der Waals surface area contributed by atoms with Crippen LogP contribution in [0.25, 0.3) is 0 Å². The van der Waals surface area contributed by atoms with Crippen LogP contribution in [0.15, 0.2) is 71.6 Å². The Morgan fingerprint density at radius 2 is 1.62 bits per heavy atom. The van der Waals surface area contributed by atoms with Crippen molar-refractivity contribution in [2.24, 2.45) is 5.92 Å². The minimum absolute atomic E-state index is 0.199. The van der Waals surface area contributed by atoms with Gasteiger partial charge >= 0.3 is 0 Å². The monoisotopic (exact) mass is 483 g/mol. The van der Waals surface area contributed by atoms with Gasteiger partial charge in [-0.05, 0) is 73.4 Å². The van der Waals surface area contributed by atoms with E-state index in [-0.39, 0.29) is 11.2 Å². The van der Waals surface area contributed by atoms with E-state index >= 15 is 0 Å². The molecule has 0 saturated carbocycles. The highest BCUT2D eigenvalue weighted by Gasteiger charge is 2.44. The van der Waals surface area contributed by atoms with Crippen molar-refractivity contribution in [1.82, 2.24) is 0 Å². The lowest BCUT2D eigenvalue weighted by molar-refractivity contribution is 0.386. The van der Waals surface area contributed by atoms with Gasteiger partial charge in [0.1, 0.15) is 0 Å². The largest absolute Gasteiger partial charge is 0.266 e. The Balaban J connectivity index is 1.62. The molecule has 0 amide bonds. The maximum absolute atomic E-state index is 13.8. The lowest BCUT2D eigenvalue weighted by Gasteiger charge is -2.46. The summed E-state index contributed by atoms with van der Waals surface area (Å²) >= 11 is 8.07. The summed E-state index contributed by atoms with van der Waals surface area (Å²) in [7, 11) is -3.66. The maximum Gasteiger partial charge on any atom is 0.264 e. The first-order valence-corrected chi connectivity index (χ1v) is 13.8. The second-order valence-electron chi connectivity index (χ2n) is 8.81. The average Bonchev–Trinajstić information content (AvgIpc) is 2.79. The zero-order valence-electron chi connectivity index (χ0n) is 18.2. The van der Waals surface area contributed by atoms with Gasteiger partial charge < -0.3 is 0 Å². The van der Waals surface area contributed by atoms with E-state index in [0.717, 1.165) is 34.0 Å². The minimum atomic E-state index is -3.66. The van der Waals surface area contributed by atoms with Gasteiger partial charge in [-0.1, -0.05) is 59.1 Å². The number of nitrogens with zero attached hydrogens (tertiary/aromatic N) is 1. The summed E-state index contributed by atoms with van der Waals surface area (Å²) in [4.78, 5) is 0.347. The average molecular weight is 484 g/mol. The van der Waals surface area contributed by atoms with E-state index in [2.05, 4.69) is 25.1 Å². The summed E-state index contributed by atoms with van der Waals surface area (Å²) in [5.41, 5.74) is 5.43. The molecule has 3 aromatic carbocycles. The van der Waals surface area contributed by atoms with Gasteiger partial charge in [0, 0.05) is 22.7 Å². The van der Waals surface area contributed by atoms with E-state index in [4.69, 9.17) is 11.6 Å². The fourth-order valence-electron chi connectivity index (χ4n) is 5.03. The Morgan fingerprint density at radius 3 is 2.34 bits per heavy atom. The topological polar surface area (TPSA) is 37.4 Å². The Hall–Kier alpha value is -1.95. The third-order valence-electron chi connectivity index (χ3n) is 6.67. The Morgan fingerprint density at radius 1 is 0.938 bits per heavy atom. The molecule has 3 aromatic rings. The van der Waals surface area contributed by atoms with Gasteiger partial charge in [0.15, 0.2) is 0 Å². The predicted octanol–water partition coefficient (Wildman–Crippen LogP) is 6.74. The van der Waals surface area contributed by atoms with Crippen LogP contribution in [0.5, 0.6) is 0 Å². The molecule has 3 atom stereocenters. The molecule has 0 radical (unpaired) electrons. The molecule has 0 bridgehead atoms. The van der Waals surface area contributed by atoms with Gasteiger partial charge in [0.25, 0.3) is 10.0 Å². The zero-order chi connectivity index (χ0) is 22.5. The number of anilines is 1. The quantitative estimate of drug-likeness (QED) is 0.413. The van der Waals surface area contributed by atoms with Crippen molar-refractivity contribution in [2.45, 2.75) is 36.3 Å². The van der Waals surface area contributed by atoms with Crippen LogP contribution in [0.2, 0.25) is 5.02 Å². The van der Waals surface area contributed by atoms with Crippen LogP contribution >= 0.6 is 23.4 Å². The summed E-state index contributed by atoms with van der Waals surface area (Å²) in [6.45, 7) is 4.53. The molecular formula is C26H26ClNO2S2. The number of fused-ring (bicyclic) bond motifs is 3. The molecule has 1 fully saturated rings. The van der Waals surface area contributed by atoms with Crippen molar-refractivity contribution in [3.05, 3.63) is 94.0 Å². The van der Waals surface area contributed by atoms with Crippen LogP contribution in [-0.2, 0) is 10.0 Å². The molecule has 1 saturated heterocycles. The number of aryl methyl sites for hydroxylation is 2. The highest BCUT2D eigenvalue weighted by atomic mass is 35.5. The van der Waals surface area contributed by atoms with E-state index in [1.807, 2.05) is 55.1 Å². The SMILES string of the molecule is Cc1ccc(S(=O)(=O)N2C[C@H]3[C@@H](c4ccc(Cl)cc4)SCC[C@H]3c3cc(C)ccc32)cc1. The number of benzene rings is 3. The molecule has 2 aliphatic heterocycles. The van der Waals surface area contributed by atoms with E-state index in [0.29, 0.717) is 17.4 Å². The van der Waals surface area contributed by atoms with E-state index in [1.165, 1.54) is 11.1 Å². The van der Waals surface area contributed by atoms with Gasteiger partial charge in [0.05, 0.1) is 10.6 Å². The van der Waals surface area contributed by atoms with Crippen molar-refractivity contribution < 1.29 is 8.42 Å². The van der Waals surface area contributed by atoms with Crippen LogP contribution in [0.3, 0.4) is 0 Å². The second kappa shape index (κ2) is 8.44. The molecule has 2 aliphatic rings. The predicted molar refractivity (Wildman–Crippen MR) is 134 cm³/mol. The highest BCUT2D eigenvalue weighted by Crippen LogP contribution is 2.55. The molecule has 0 aliphatic carbocycles. The first-order valence-electron chi connectivity index (χ1n) is 10.9. The number of halogens is 1. The van der Waals surface area contributed by atoms with Gasteiger partial charge in [-0.15, -0.1) is 0 Å². The molecule has 6 heteroatoms. The molecule has 0 unspecified atom stereocenters. The second-order valence-corrected chi connectivity index (χ2v) is 12.4. The van der Waals surface area contributed by atoms with E-state index < -0.39 is 10.0 Å². The third-order valence-corrected chi connectivity index (χ3v) is 10.2. The normalized spacial score (nSPS) is 22.8. The molecule has 166 valence electrons. The standard InChI is InChI=1S/C26H26ClNO2S2/c1-17-3-10-21(11-4-17)32(29,30)28-16-24-22(23-15-18(2)5-12-25(23)28)13-14-31-26(24)19-6-8-20(27)9-7-19/h3-12,15,22,24,26H,13-14,16H2,1-2H3/t22-,24+,26+/m0/s1. The first kappa shape index (κ1) is 21.9. The molecule has 0 spiro atoms. The first-order chi connectivity index (χ1) is 15.3. The molecule has 0 aromatic heterocycles.